The van der Waals surface area contributed by atoms with Gasteiger partial charge in [-0.15, -0.1) is 0 Å². The van der Waals surface area contributed by atoms with Crippen molar-refractivity contribution < 1.29 is 9.32 Å². The minimum atomic E-state index is -0.140. The van der Waals surface area contributed by atoms with E-state index in [0.717, 1.165) is 5.56 Å². The SMILES string of the molecule is Cc1cc(NC(=O)CNCc2ccccc2)no1. The lowest BCUT2D eigenvalue weighted by Gasteiger charge is -2.04. The summed E-state index contributed by atoms with van der Waals surface area (Å²) < 4.78 is 4.85. The molecular formula is C13H15N3O2. The summed E-state index contributed by atoms with van der Waals surface area (Å²) in [6, 6.07) is 11.6. The van der Waals surface area contributed by atoms with E-state index < -0.39 is 0 Å². The number of carbonyl (C=O) groups excluding carboxylic acids is 1. The number of carbonyl (C=O) groups is 1. The Hall–Kier alpha value is -2.14. The van der Waals surface area contributed by atoms with Gasteiger partial charge < -0.3 is 15.2 Å². The van der Waals surface area contributed by atoms with Gasteiger partial charge in [-0.25, -0.2) is 0 Å². The Bertz CT molecular complexity index is 508. The summed E-state index contributed by atoms with van der Waals surface area (Å²) in [6.45, 7) is 2.67. The molecule has 0 saturated heterocycles. The normalized spacial score (nSPS) is 10.3. The topological polar surface area (TPSA) is 67.2 Å². The molecule has 1 aromatic carbocycles. The lowest BCUT2D eigenvalue weighted by molar-refractivity contribution is -0.115. The van der Waals surface area contributed by atoms with Gasteiger partial charge >= 0.3 is 0 Å². The van der Waals surface area contributed by atoms with E-state index in [0.29, 0.717) is 18.1 Å². The second kappa shape index (κ2) is 5.97. The third kappa shape index (κ3) is 3.71. The van der Waals surface area contributed by atoms with E-state index in [9.17, 15) is 4.79 Å². The first kappa shape index (κ1) is 12.3. The molecule has 0 spiro atoms. The van der Waals surface area contributed by atoms with Crippen LogP contribution >= 0.6 is 0 Å². The zero-order chi connectivity index (χ0) is 12.8. The summed E-state index contributed by atoms with van der Waals surface area (Å²) in [5.74, 6) is 0.973. The molecule has 18 heavy (non-hydrogen) atoms. The van der Waals surface area contributed by atoms with Crippen molar-refractivity contribution >= 4 is 11.7 Å². The van der Waals surface area contributed by atoms with Crippen LogP contribution in [-0.4, -0.2) is 17.6 Å². The largest absolute Gasteiger partial charge is 0.360 e. The van der Waals surface area contributed by atoms with Crippen LogP contribution in [0.2, 0.25) is 0 Å². The first-order valence-electron chi connectivity index (χ1n) is 5.72. The summed E-state index contributed by atoms with van der Waals surface area (Å²) in [6.07, 6.45) is 0. The van der Waals surface area contributed by atoms with Gasteiger partial charge in [-0.05, 0) is 12.5 Å². The van der Waals surface area contributed by atoms with Gasteiger partial charge in [0.05, 0.1) is 6.54 Å². The van der Waals surface area contributed by atoms with E-state index in [1.54, 1.807) is 13.0 Å². The molecule has 0 aliphatic rings. The summed E-state index contributed by atoms with van der Waals surface area (Å²) in [5.41, 5.74) is 1.14. The molecule has 0 bridgehead atoms. The molecule has 0 saturated carbocycles. The van der Waals surface area contributed by atoms with Crippen LogP contribution in [0.5, 0.6) is 0 Å². The summed E-state index contributed by atoms with van der Waals surface area (Å²) in [7, 11) is 0. The fraction of sp³-hybridized carbons (Fsp3) is 0.231. The van der Waals surface area contributed by atoms with E-state index in [4.69, 9.17) is 4.52 Å². The van der Waals surface area contributed by atoms with E-state index in [1.165, 1.54) is 0 Å². The van der Waals surface area contributed by atoms with Crippen LogP contribution in [0.15, 0.2) is 40.9 Å². The highest BCUT2D eigenvalue weighted by atomic mass is 16.5. The Balaban J connectivity index is 1.72. The number of nitrogens with one attached hydrogen (secondary N) is 2. The van der Waals surface area contributed by atoms with E-state index in [-0.39, 0.29) is 12.5 Å². The van der Waals surface area contributed by atoms with Crippen LogP contribution in [0.4, 0.5) is 5.82 Å². The molecular weight excluding hydrogens is 230 g/mol. The molecule has 0 fully saturated rings. The quantitative estimate of drug-likeness (QED) is 0.841. The lowest BCUT2D eigenvalue weighted by atomic mass is 10.2. The number of nitrogens with zero attached hydrogens (tertiary/aromatic N) is 1. The molecule has 5 nitrogen and oxygen atoms in total. The number of hydrogen-bond donors (Lipinski definition) is 2. The standard InChI is InChI=1S/C13H15N3O2/c1-10-7-12(16-18-10)15-13(17)9-14-8-11-5-3-2-4-6-11/h2-7,14H,8-9H2,1H3,(H,15,16,17). The monoisotopic (exact) mass is 245 g/mol. The maximum atomic E-state index is 11.6. The minimum absolute atomic E-state index is 0.140. The highest BCUT2D eigenvalue weighted by molar-refractivity contribution is 5.91. The zero-order valence-corrected chi connectivity index (χ0v) is 10.1. The van der Waals surface area contributed by atoms with Gasteiger partial charge in [0.15, 0.2) is 5.82 Å². The van der Waals surface area contributed by atoms with Gasteiger partial charge in [-0.1, -0.05) is 35.5 Å². The molecule has 0 radical (unpaired) electrons. The molecule has 1 aromatic heterocycles. The summed E-state index contributed by atoms with van der Waals surface area (Å²) >= 11 is 0. The Morgan fingerprint density at radius 1 is 1.33 bits per heavy atom. The fourth-order valence-corrected chi connectivity index (χ4v) is 1.53. The molecule has 0 atom stereocenters. The molecule has 5 heteroatoms. The smallest absolute Gasteiger partial charge is 0.239 e. The van der Waals surface area contributed by atoms with Gasteiger partial charge in [0.25, 0.3) is 0 Å². The molecule has 0 aliphatic heterocycles. The highest BCUT2D eigenvalue weighted by Gasteiger charge is 2.05. The average molecular weight is 245 g/mol. The molecule has 1 amide bonds. The zero-order valence-electron chi connectivity index (χ0n) is 10.1. The number of amides is 1. The summed E-state index contributed by atoms with van der Waals surface area (Å²) in [5, 5.41) is 9.39. The van der Waals surface area contributed by atoms with Crippen LogP contribution in [0.1, 0.15) is 11.3 Å². The Kier molecular flexibility index (Phi) is 4.09. The number of hydrogen-bond acceptors (Lipinski definition) is 4. The predicted molar refractivity (Wildman–Crippen MR) is 68.0 cm³/mol. The second-order valence-electron chi connectivity index (χ2n) is 3.96. The predicted octanol–water partition coefficient (Wildman–Crippen LogP) is 1.71. The molecule has 0 unspecified atom stereocenters. The van der Waals surface area contributed by atoms with Crippen molar-refractivity contribution in [1.29, 1.82) is 0 Å². The fourth-order valence-electron chi connectivity index (χ4n) is 1.53. The first-order chi connectivity index (χ1) is 8.74. The number of benzene rings is 1. The third-order valence-corrected chi connectivity index (χ3v) is 2.35. The minimum Gasteiger partial charge on any atom is -0.360 e. The highest BCUT2D eigenvalue weighted by Crippen LogP contribution is 2.06. The summed E-state index contributed by atoms with van der Waals surface area (Å²) in [4.78, 5) is 11.6. The number of rotatable bonds is 5. The van der Waals surface area contributed by atoms with Crippen molar-refractivity contribution in [3.05, 3.63) is 47.7 Å². The van der Waals surface area contributed by atoms with Crippen LogP contribution in [-0.2, 0) is 11.3 Å². The average Bonchev–Trinajstić information content (AvgIpc) is 2.76. The van der Waals surface area contributed by atoms with Crippen molar-refractivity contribution in [2.45, 2.75) is 13.5 Å². The number of anilines is 1. The number of aryl methyl sites for hydroxylation is 1. The van der Waals surface area contributed by atoms with Crippen LogP contribution < -0.4 is 10.6 Å². The number of aromatic nitrogens is 1. The van der Waals surface area contributed by atoms with Gasteiger partial charge in [-0.3, -0.25) is 4.79 Å². The van der Waals surface area contributed by atoms with Crippen LogP contribution in [0, 0.1) is 6.92 Å². The molecule has 2 N–H and O–H groups in total. The van der Waals surface area contributed by atoms with Crippen molar-refractivity contribution in [3.8, 4) is 0 Å². The van der Waals surface area contributed by atoms with Crippen molar-refractivity contribution in [3.63, 3.8) is 0 Å². The molecule has 2 rings (SSSR count). The molecule has 2 aromatic rings. The van der Waals surface area contributed by atoms with Crippen molar-refractivity contribution in [2.24, 2.45) is 0 Å². The van der Waals surface area contributed by atoms with E-state index in [1.807, 2.05) is 30.3 Å². The lowest BCUT2D eigenvalue weighted by Crippen LogP contribution is -2.27. The molecule has 0 aliphatic carbocycles. The van der Waals surface area contributed by atoms with Crippen LogP contribution in [0.3, 0.4) is 0 Å². The molecule has 1 heterocycles. The molecule has 94 valence electrons. The maximum absolute atomic E-state index is 11.6. The van der Waals surface area contributed by atoms with Gasteiger partial charge in [0.1, 0.15) is 5.76 Å². The Morgan fingerprint density at radius 3 is 2.78 bits per heavy atom. The maximum Gasteiger partial charge on any atom is 0.239 e. The van der Waals surface area contributed by atoms with Crippen molar-refractivity contribution in [2.75, 3.05) is 11.9 Å². The van der Waals surface area contributed by atoms with E-state index >= 15 is 0 Å². The Morgan fingerprint density at radius 2 is 2.11 bits per heavy atom. The van der Waals surface area contributed by atoms with Gasteiger partial charge in [0, 0.05) is 12.6 Å². The first-order valence-corrected chi connectivity index (χ1v) is 5.72. The second-order valence-corrected chi connectivity index (χ2v) is 3.96. The third-order valence-electron chi connectivity index (χ3n) is 2.35. The van der Waals surface area contributed by atoms with Gasteiger partial charge in [-0.2, -0.15) is 0 Å². The van der Waals surface area contributed by atoms with E-state index in [2.05, 4.69) is 15.8 Å². The van der Waals surface area contributed by atoms with Crippen molar-refractivity contribution in [1.82, 2.24) is 10.5 Å². The Labute approximate surface area is 105 Å². The van der Waals surface area contributed by atoms with Gasteiger partial charge in [0.2, 0.25) is 5.91 Å². The van der Waals surface area contributed by atoms with Crippen LogP contribution in [0.25, 0.3) is 0 Å².